The molecule has 1 heterocycles. The minimum absolute atomic E-state index is 0.209. The molecule has 3 nitrogen and oxygen atoms in total. The first-order chi connectivity index (χ1) is 8.81. The monoisotopic (exact) mass is 242 g/mol. The summed E-state index contributed by atoms with van der Waals surface area (Å²) in [5, 5.41) is 9.31. The van der Waals surface area contributed by atoms with Gasteiger partial charge in [0.15, 0.2) is 0 Å². The van der Waals surface area contributed by atoms with Gasteiger partial charge in [0.1, 0.15) is 12.1 Å². The first-order valence-electron chi connectivity index (χ1n) is 5.62. The Bertz CT molecular complexity index is 706. The van der Waals surface area contributed by atoms with Gasteiger partial charge in [0, 0.05) is 5.56 Å². The summed E-state index contributed by atoms with van der Waals surface area (Å²) >= 11 is 0. The van der Waals surface area contributed by atoms with Crippen molar-refractivity contribution in [2.45, 2.75) is 6.61 Å². The van der Waals surface area contributed by atoms with Gasteiger partial charge in [-0.1, -0.05) is 24.3 Å². The van der Waals surface area contributed by atoms with Crippen LogP contribution in [0, 0.1) is 5.82 Å². The zero-order valence-electron chi connectivity index (χ0n) is 9.55. The van der Waals surface area contributed by atoms with Crippen molar-refractivity contribution in [2.75, 3.05) is 0 Å². The average molecular weight is 242 g/mol. The van der Waals surface area contributed by atoms with Crippen LogP contribution in [0.3, 0.4) is 0 Å². The Morgan fingerprint density at radius 2 is 1.94 bits per heavy atom. The van der Waals surface area contributed by atoms with Crippen molar-refractivity contribution in [3.05, 3.63) is 60.2 Å². The van der Waals surface area contributed by atoms with E-state index >= 15 is 0 Å². The number of halogens is 1. The van der Waals surface area contributed by atoms with E-state index in [0.29, 0.717) is 11.3 Å². The molecule has 0 aliphatic carbocycles. The number of aliphatic hydroxyl groups excluding tert-OH is 1. The van der Waals surface area contributed by atoms with Crippen molar-refractivity contribution in [2.24, 2.45) is 0 Å². The van der Waals surface area contributed by atoms with Crippen molar-refractivity contribution >= 4 is 11.0 Å². The van der Waals surface area contributed by atoms with Crippen molar-refractivity contribution < 1.29 is 9.50 Å². The fourth-order valence-electron chi connectivity index (χ4n) is 2.09. The Balaban J connectivity index is 2.33. The number of hydrogen-bond acceptors (Lipinski definition) is 2. The molecule has 0 saturated heterocycles. The van der Waals surface area contributed by atoms with Crippen molar-refractivity contribution in [1.82, 2.24) is 9.55 Å². The van der Waals surface area contributed by atoms with Gasteiger partial charge in [-0.15, -0.1) is 0 Å². The zero-order chi connectivity index (χ0) is 12.5. The maximum Gasteiger partial charge on any atom is 0.147 e. The summed E-state index contributed by atoms with van der Waals surface area (Å²) in [6.45, 7) is -0.209. The third kappa shape index (κ3) is 1.58. The number of para-hydroxylation sites is 3. The van der Waals surface area contributed by atoms with Crippen LogP contribution in [-0.4, -0.2) is 14.7 Å². The Morgan fingerprint density at radius 1 is 1.11 bits per heavy atom. The van der Waals surface area contributed by atoms with Gasteiger partial charge in [0.25, 0.3) is 0 Å². The number of benzene rings is 2. The van der Waals surface area contributed by atoms with E-state index < -0.39 is 0 Å². The lowest BCUT2D eigenvalue weighted by atomic mass is 10.1. The maximum absolute atomic E-state index is 14.0. The minimum Gasteiger partial charge on any atom is -0.392 e. The molecule has 1 aromatic heterocycles. The van der Waals surface area contributed by atoms with Crippen LogP contribution in [0.15, 0.2) is 48.8 Å². The third-order valence-electron chi connectivity index (χ3n) is 2.94. The van der Waals surface area contributed by atoms with E-state index in [1.807, 2.05) is 24.3 Å². The summed E-state index contributed by atoms with van der Waals surface area (Å²) < 4.78 is 15.6. The summed E-state index contributed by atoms with van der Waals surface area (Å²) in [6, 6.07) is 12.2. The van der Waals surface area contributed by atoms with E-state index in [1.54, 1.807) is 23.0 Å². The Labute approximate surface area is 103 Å². The summed E-state index contributed by atoms with van der Waals surface area (Å²) in [5.74, 6) is -0.371. The van der Waals surface area contributed by atoms with Gasteiger partial charge in [0.05, 0.1) is 23.3 Å². The largest absolute Gasteiger partial charge is 0.392 e. The molecule has 1 N–H and O–H groups in total. The van der Waals surface area contributed by atoms with Crippen LogP contribution >= 0.6 is 0 Å². The molecule has 0 amide bonds. The fraction of sp³-hybridized carbons (Fsp3) is 0.0714. The number of fused-ring (bicyclic) bond motifs is 1. The van der Waals surface area contributed by atoms with Crippen molar-refractivity contribution in [1.29, 1.82) is 0 Å². The Hall–Kier alpha value is -2.20. The normalized spacial score (nSPS) is 11.0. The molecule has 0 bridgehead atoms. The first kappa shape index (κ1) is 10.9. The van der Waals surface area contributed by atoms with Crippen LogP contribution in [-0.2, 0) is 6.61 Å². The van der Waals surface area contributed by atoms with E-state index in [4.69, 9.17) is 0 Å². The van der Waals surface area contributed by atoms with E-state index in [2.05, 4.69) is 4.98 Å². The van der Waals surface area contributed by atoms with Gasteiger partial charge in [-0.05, 0) is 18.2 Å². The van der Waals surface area contributed by atoms with Gasteiger partial charge in [-0.2, -0.15) is 0 Å². The maximum atomic E-state index is 14.0. The van der Waals surface area contributed by atoms with Crippen LogP contribution in [0.1, 0.15) is 5.56 Å². The molecule has 0 aliphatic rings. The summed E-state index contributed by atoms with van der Waals surface area (Å²) in [5.41, 5.74) is 2.51. The van der Waals surface area contributed by atoms with E-state index in [1.165, 1.54) is 6.07 Å². The second-order valence-corrected chi connectivity index (χ2v) is 4.01. The molecule has 4 heteroatoms. The van der Waals surface area contributed by atoms with Crippen LogP contribution in [0.2, 0.25) is 0 Å². The number of hydrogen-bond donors (Lipinski definition) is 1. The molecule has 2 aromatic carbocycles. The van der Waals surface area contributed by atoms with Crippen LogP contribution in [0.5, 0.6) is 0 Å². The zero-order valence-corrected chi connectivity index (χ0v) is 9.55. The molecule has 18 heavy (non-hydrogen) atoms. The van der Waals surface area contributed by atoms with Gasteiger partial charge in [-0.3, -0.25) is 4.57 Å². The number of imidazole rings is 1. The molecule has 0 fully saturated rings. The minimum atomic E-state index is -0.371. The molecule has 0 aliphatic heterocycles. The first-order valence-corrected chi connectivity index (χ1v) is 5.62. The highest BCUT2D eigenvalue weighted by atomic mass is 19.1. The Kier molecular flexibility index (Phi) is 2.57. The molecule has 0 saturated carbocycles. The topological polar surface area (TPSA) is 38.0 Å². The van der Waals surface area contributed by atoms with Gasteiger partial charge in [0.2, 0.25) is 0 Å². The van der Waals surface area contributed by atoms with Gasteiger partial charge in [-0.25, -0.2) is 9.37 Å². The highest BCUT2D eigenvalue weighted by molar-refractivity contribution is 5.77. The van der Waals surface area contributed by atoms with Crippen molar-refractivity contribution in [3.8, 4) is 5.69 Å². The third-order valence-corrected chi connectivity index (χ3v) is 2.94. The summed E-state index contributed by atoms with van der Waals surface area (Å²) in [7, 11) is 0. The quantitative estimate of drug-likeness (QED) is 0.750. The average Bonchev–Trinajstić information content (AvgIpc) is 2.82. The van der Waals surface area contributed by atoms with Crippen LogP contribution in [0.25, 0.3) is 16.7 Å². The second kappa shape index (κ2) is 4.23. The smallest absolute Gasteiger partial charge is 0.147 e. The lowest BCUT2D eigenvalue weighted by Crippen LogP contribution is -2.01. The molecular weight excluding hydrogens is 231 g/mol. The molecular formula is C14H11FN2O. The highest BCUT2D eigenvalue weighted by Gasteiger charge is 2.12. The number of rotatable bonds is 2. The number of aromatic nitrogens is 2. The lowest BCUT2D eigenvalue weighted by molar-refractivity contribution is 0.281. The predicted molar refractivity (Wildman–Crippen MR) is 67.0 cm³/mol. The van der Waals surface area contributed by atoms with Crippen molar-refractivity contribution in [3.63, 3.8) is 0 Å². The Morgan fingerprint density at radius 3 is 2.78 bits per heavy atom. The number of aliphatic hydroxyl groups is 1. The standard InChI is InChI=1S/C14H11FN2O/c15-11-5-3-4-10(8-18)14(11)17-9-16-12-6-1-2-7-13(12)17/h1-7,9,18H,8H2. The fourth-order valence-corrected chi connectivity index (χ4v) is 2.09. The molecule has 0 spiro atoms. The molecule has 0 atom stereocenters. The van der Waals surface area contributed by atoms with E-state index in [9.17, 15) is 9.50 Å². The van der Waals surface area contributed by atoms with Crippen LogP contribution in [0.4, 0.5) is 4.39 Å². The molecule has 0 radical (unpaired) electrons. The van der Waals surface area contributed by atoms with E-state index in [-0.39, 0.29) is 12.4 Å². The number of nitrogens with zero attached hydrogens (tertiary/aromatic N) is 2. The van der Waals surface area contributed by atoms with Gasteiger partial charge >= 0.3 is 0 Å². The summed E-state index contributed by atoms with van der Waals surface area (Å²) in [4.78, 5) is 4.23. The lowest BCUT2D eigenvalue weighted by Gasteiger charge is -2.10. The highest BCUT2D eigenvalue weighted by Crippen LogP contribution is 2.23. The summed E-state index contributed by atoms with van der Waals surface area (Å²) in [6.07, 6.45) is 1.57. The van der Waals surface area contributed by atoms with Crippen LogP contribution < -0.4 is 0 Å². The SMILES string of the molecule is OCc1cccc(F)c1-n1cnc2ccccc21. The molecule has 3 aromatic rings. The molecule has 3 rings (SSSR count). The van der Waals surface area contributed by atoms with Gasteiger partial charge < -0.3 is 5.11 Å². The van der Waals surface area contributed by atoms with E-state index in [0.717, 1.165) is 11.0 Å². The second-order valence-electron chi connectivity index (χ2n) is 4.01. The molecule has 90 valence electrons. The molecule has 0 unspecified atom stereocenters. The predicted octanol–water partition coefficient (Wildman–Crippen LogP) is 2.66.